The molecule has 5 rings (SSSR count). The van der Waals surface area contributed by atoms with Crippen molar-refractivity contribution in [2.75, 3.05) is 37.6 Å². The summed E-state index contributed by atoms with van der Waals surface area (Å²) >= 11 is 1.74. The summed E-state index contributed by atoms with van der Waals surface area (Å²) in [4.78, 5) is 22.9. The first kappa shape index (κ1) is 24.8. The highest BCUT2D eigenvalue weighted by molar-refractivity contribution is 7.17. The molecule has 0 bridgehead atoms. The van der Waals surface area contributed by atoms with Gasteiger partial charge in [0.05, 0.1) is 18.4 Å². The lowest BCUT2D eigenvalue weighted by Gasteiger charge is -2.45. The van der Waals surface area contributed by atoms with Crippen molar-refractivity contribution in [2.45, 2.75) is 38.5 Å². The third-order valence-corrected chi connectivity index (χ3v) is 8.11. The molecule has 36 heavy (non-hydrogen) atoms. The fourth-order valence-electron chi connectivity index (χ4n) is 5.20. The quantitative estimate of drug-likeness (QED) is 0.459. The number of hydrogen-bond acceptors (Lipinski definition) is 5. The Morgan fingerprint density at radius 2 is 1.89 bits per heavy atom. The van der Waals surface area contributed by atoms with E-state index in [4.69, 9.17) is 0 Å². The number of alkyl halides is 3. The van der Waals surface area contributed by atoms with Gasteiger partial charge in [-0.25, -0.2) is 4.98 Å². The number of benzene rings is 1. The normalized spacial score (nSPS) is 21.6. The van der Waals surface area contributed by atoms with Crippen molar-refractivity contribution in [1.29, 1.82) is 0 Å². The van der Waals surface area contributed by atoms with Crippen molar-refractivity contribution in [3.8, 4) is 0 Å². The number of pyridine rings is 1. The Bertz CT molecular complexity index is 1260. The molecule has 0 saturated carbocycles. The SMILES string of the molecule is C[C@@H]1CN(c2ccc(C(F)(F)F)nc2)C[C@H](C)N1CC(=O)N1CC=C(c2ccc3sccc3c2)CC1. The molecule has 1 saturated heterocycles. The molecule has 1 fully saturated rings. The molecule has 0 aliphatic carbocycles. The van der Waals surface area contributed by atoms with E-state index < -0.39 is 11.9 Å². The number of thiophene rings is 1. The van der Waals surface area contributed by atoms with Gasteiger partial charge in [0.1, 0.15) is 5.69 Å². The Hall–Kier alpha value is -2.91. The number of halogens is 3. The lowest BCUT2D eigenvalue weighted by molar-refractivity contribution is -0.141. The van der Waals surface area contributed by atoms with E-state index in [9.17, 15) is 18.0 Å². The number of carbonyl (C=O) groups excluding carboxylic acids is 1. The van der Waals surface area contributed by atoms with E-state index in [-0.39, 0.29) is 18.0 Å². The summed E-state index contributed by atoms with van der Waals surface area (Å²) in [5.74, 6) is 0.113. The predicted octanol–water partition coefficient (Wildman–Crippen LogP) is 5.53. The number of rotatable bonds is 4. The highest BCUT2D eigenvalue weighted by Crippen LogP contribution is 2.30. The molecule has 190 valence electrons. The van der Waals surface area contributed by atoms with Crippen LogP contribution in [-0.4, -0.2) is 65.5 Å². The van der Waals surface area contributed by atoms with Gasteiger partial charge in [0.2, 0.25) is 5.91 Å². The van der Waals surface area contributed by atoms with Gasteiger partial charge in [-0.3, -0.25) is 9.69 Å². The van der Waals surface area contributed by atoms with Gasteiger partial charge in [0, 0.05) is 43.0 Å². The summed E-state index contributed by atoms with van der Waals surface area (Å²) in [6, 6.07) is 11.3. The van der Waals surface area contributed by atoms with Gasteiger partial charge < -0.3 is 9.80 Å². The number of piperazine rings is 1. The van der Waals surface area contributed by atoms with E-state index >= 15 is 0 Å². The van der Waals surface area contributed by atoms with Crippen LogP contribution in [0.2, 0.25) is 0 Å². The number of hydrogen-bond donors (Lipinski definition) is 0. The van der Waals surface area contributed by atoms with Crippen molar-refractivity contribution in [2.24, 2.45) is 0 Å². The molecule has 5 nitrogen and oxygen atoms in total. The fraction of sp³-hybridized carbons (Fsp3) is 0.407. The van der Waals surface area contributed by atoms with Crippen LogP contribution in [0.25, 0.3) is 15.7 Å². The predicted molar refractivity (Wildman–Crippen MR) is 138 cm³/mol. The zero-order valence-corrected chi connectivity index (χ0v) is 21.1. The van der Waals surface area contributed by atoms with Gasteiger partial charge >= 0.3 is 6.18 Å². The van der Waals surface area contributed by atoms with Crippen molar-refractivity contribution in [1.82, 2.24) is 14.8 Å². The van der Waals surface area contributed by atoms with Crippen LogP contribution in [-0.2, 0) is 11.0 Å². The molecule has 4 heterocycles. The molecule has 3 aromatic rings. The third-order valence-electron chi connectivity index (χ3n) is 7.21. The molecule has 1 aromatic carbocycles. The number of fused-ring (bicyclic) bond motifs is 1. The van der Waals surface area contributed by atoms with Crippen LogP contribution in [0, 0.1) is 0 Å². The number of aromatic nitrogens is 1. The summed E-state index contributed by atoms with van der Waals surface area (Å²) in [5.41, 5.74) is 2.29. The Morgan fingerprint density at radius 1 is 1.11 bits per heavy atom. The molecular weight excluding hydrogens is 485 g/mol. The number of anilines is 1. The zero-order chi connectivity index (χ0) is 25.4. The topological polar surface area (TPSA) is 39.7 Å². The lowest BCUT2D eigenvalue weighted by atomic mass is 9.98. The molecule has 0 spiro atoms. The second kappa shape index (κ2) is 9.86. The first-order valence-electron chi connectivity index (χ1n) is 12.2. The minimum atomic E-state index is -4.44. The van der Waals surface area contributed by atoms with E-state index in [1.165, 1.54) is 33.5 Å². The lowest BCUT2D eigenvalue weighted by Crippen LogP contribution is -2.59. The van der Waals surface area contributed by atoms with Gasteiger partial charge in [0.15, 0.2) is 0 Å². The van der Waals surface area contributed by atoms with Gasteiger partial charge in [-0.15, -0.1) is 11.3 Å². The van der Waals surface area contributed by atoms with E-state index in [0.717, 1.165) is 12.5 Å². The average Bonchev–Trinajstić information content (AvgIpc) is 3.34. The molecule has 2 aromatic heterocycles. The van der Waals surface area contributed by atoms with Crippen LogP contribution < -0.4 is 4.90 Å². The maximum absolute atomic E-state index is 13.1. The smallest absolute Gasteiger partial charge is 0.367 e. The zero-order valence-electron chi connectivity index (χ0n) is 20.3. The minimum Gasteiger partial charge on any atom is -0.367 e. The standard InChI is InChI=1S/C27H29F3N4OS/c1-18-15-33(23-4-6-25(31-14-23)27(28,29)30)16-19(2)34(18)17-26(35)32-10-7-20(8-11-32)21-3-5-24-22(13-21)9-12-36-24/h3-7,9,12-14,18-19H,8,10-11,15-17H2,1-2H3/t18-,19+. The van der Waals surface area contributed by atoms with Crippen LogP contribution in [0.3, 0.4) is 0 Å². The first-order valence-corrected chi connectivity index (χ1v) is 13.1. The largest absolute Gasteiger partial charge is 0.433 e. The molecule has 2 atom stereocenters. The number of amides is 1. The molecule has 2 aliphatic heterocycles. The van der Waals surface area contributed by atoms with E-state index in [1.807, 2.05) is 9.80 Å². The molecule has 0 N–H and O–H groups in total. The van der Waals surface area contributed by atoms with Crippen molar-refractivity contribution in [3.05, 3.63) is 65.3 Å². The third kappa shape index (κ3) is 5.13. The monoisotopic (exact) mass is 514 g/mol. The number of nitrogens with zero attached hydrogens (tertiary/aromatic N) is 4. The molecule has 2 aliphatic rings. The van der Waals surface area contributed by atoms with Crippen molar-refractivity contribution in [3.63, 3.8) is 0 Å². The fourth-order valence-corrected chi connectivity index (χ4v) is 5.97. The molecule has 1 amide bonds. The Balaban J connectivity index is 1.18. The van der Waals surface area contributed by atoms with E-state index in [1.54, 1.807) is 11.3 Å². The number of carbonyl (C=O) groups is 1. The van der Waals surface area contributed by atoms with Gasteiger partial charge in [0.25, 0.3) is 0 Å². The highest BCUT2D eigenvalue weighted by Gasteiger charge is 2.34. The maximum Gasteiger partial charge on any atom is 0.433 e. The minimum absolute atomic E-state index is 0.0771. The summed E-state index contributed by atoms with van der Waals surface area (Å²) < 4.78 is 39.8. The molecule has 0 unspecified atom stereocenters. The molecule has 0 radical (unpaired) electrons. The van der Waals surface area contributed by atoms with Crippen LogP contribution in [0.15, 0.2) is 54.1 Å². The molecule has 9 heteroatoms. The van der Waals surface area contributed by atoms with Gasteiger partial charge in [-0.05, 0) is 72.5 Å². The summed E-state index contributed by atoms with van der Waals surface area (Å²) in [6.45, 7) is 7.01. The highest BCUT2D eigenvalue weighted by atomic mass is 32.1. The summed E-state index contributed by atoms with van der Waals surface area (Å²) in [5, 5.41) is 3.36. The Morgan fingerprint density at radius 3 is 2.53 bits per heavy atom. The van der Waals surface area contributed by atoms with Crippen molar-refractivity contribution >= 4 is 38.6 Å². The van der Waals surface area contributed by atoms with Crippen molar-refractivity contribution < 1.29 is 18.0 Å². The molecular formula is C27H29F3N4OS. The Kier molecular flexibility index (Phi) is 6.78. The van der Waals surface area contributed by atoms with Crippen LogP contribution >= 0.6 is 11.3 Å². The van der Waals surface area contributed by atoms with Gasteiger partial charge in [-0.2, -0.15) is 13.2 Å². The van der Waals surface area contributed by atoms with Crippen LogP contribution in [0.4, 0.5) is 18.9 Å². The van der Waals surface area contributed by atoms with Gasteiger partial charge in [-0.1, -0.05) is 12.1 Å². The second-order valence-electron chi connectivity index (χ2n) is 9.67. The first-order chi connectivity index (χ1) is 17.2. The summed E-state index contributed by atoms with van der Waals surface area (Å²) in [7, 11) is 0. The average molecular weight is 515 g/mol. The van der Waals surface area contributed by atoms with E-state index in [0.29, 0.717) is 38.4 Å². The van der Waals surface area contributed by atoms with Crippen LogP contribution in [0.1, 0.15) is 31.5 Å². The van der Waals surface area contributed by atoms with E-state index in [2.05, 4.69) is 59.5 Å². The maximum atomic E-state index is 13.1. The second-order valence-corrected chi connectivity index (χ2v) is 10.6. The summed E-state index contributed by atoms with van der Waals surface area (Å²) in [6.07, 6.45) is -0.157. The Labute approximate surface area is 212 Å². The van der Waals surface area contributed by atoms with Crippen LogP contribution in [0.5, 0.6) is 0 Å².